The summed E-state index contributed by atoms with van der Waals surface area (Å²) >= 11 is 0. The molecule has 1 aliphatic rings. The van der Waals surface area contributed by atoms with Crippen LogP contribution in [0.25, 0.3) is 0 Å². The minimum Gasteiger partial charge on any atom is -0.380 e. The highest BCUT2D eigenvalue weighted by Crippen LogP contribution is 2.22. The first-order valence-electron chi connectivity index (χ1n) is 6.54. The number of hydrogen-bond acceptors (Lipinski definition) is 4. The second-order valence-corrected chi connectivity index (χ2v) is 4.77. The Kier molecular flexibility index (Phi) is 4.90. The number of nitrogens with one attached hydrogen (secondary N) is 1. The summed E-state index contributed by atoms with van der Waals surface area (Å²) < 4.78 is 5.13. The predicted octanol–water partition coefficient (Wildman–Crippen LogP) is 0.265. The summed E-state index contributed by atoms with van der Waals surface area (Å²) in [7, 11) is 1.66. The van der Waals surface area contributed by atoms with Crippen LogP contribution >= 0.6 is 0 Å². The maximum absolute atomic E-state index is 11.8. The van der Waals surface area contributed by atoms with Crippen LogP contribution in [0.1, 0.15) is 17.2 Å². The Morgan fingerprint density at radius 1 is 1.47 bits per heavy atom. The first kappa shape index (κ1) is 14.0. The van der Waals surface area contributed by atoms with Gasteiger partial charge < -0.3 is 15.8 Å². The molecule has 19 heavy (non-hydrogen) atoms. The fourth-order valence-corrected chi connectivity index (χ4v) is 2.52. The number of nitrogens with zero attached hydrogens (tertiary/aromatic N) is 1. The Balaban J connectivity index is 2.22. The molecule has 5 nitrogen and oxygen atoms in total. The van der Waals surface area contributed by atoms with Crippen molar-refractivity contribution in [2.45, 2.75) is 12.6 Å². The molecule has 1 fully saturated rings. The van der Waals surface area contributed by atoms with E-state index >= 15 is 0 Å². The summed E-state index contributed by atoms with van der Waals surface area (Å²) in [5, 5.41) is 3.28. The number of primary amides is 1. The van der Waals surface area contributed by atoms with Crippen LogP contribution < -0.4 is 11.1 Å². The molecule has 5 heteroatoms. The van der Waals surface area contributed by atoms with Gasteiger partial charge in [-0.25, -0.2) is 0 Å². The van der Waals surface area contributed by atoms with Gasteiger partial charge in [0.15, 0.2) is 0 Å². The van der Waals surface area contributed by atoms with E-state index in [0.29, 0.717) is 6.61 Å². The third kappa shape index (κ3) is 3.53. The number of piperazine rings is 1. The Labute approximate surface area is 113 Å². The van der Waals surface area contributed by atoms with Crippen LogP contribution in [0.15, 0.2) is 24.3 Å². The van der Waals surface area contributed by atoms with Gasteiger partial charge >= 0.3 is 0 Å². The lowest BCUT2D eigenvalue weighted by Gasteiger charge is -2.33. The van der Waals surface area contributed by atoms with Crippen molar-refractivity contribution in [3.63, 3.8) is 0 Å². The zero-order chi connectivity index (χ0) is 13.7. The van der Waals surface area contributed by atoms with Crippen molar-refractivity contribution in [2.24, 2.45) is 5.73 Å². The van der Waals surface area contributed by atoms with Crippen LogP contribution in [0.3, 0.4) is 0 Å². The second-order valence-electron chi connectivity index (χ2n) is 4.77. The fourth-order valence-electron chi connectivity index (χ4n) is 2.52. The van der Waals surface area contributed by atoms with Gasteiger partial charge in [-0.15, -0.1) is 0 Å². The smallest absolute Gasteiger partial charge is 0.239 e. The van der Waals surface area contributed by atoms with Crippen molar-refractivity contribution in [1.82, 2.24) is 10.2 Å². The molecule has 104 valence electrons. The van der Waals surface area contributed by atoms with Crippen LogP contribution in [0.4, 0.5) is 0 Å². The molecule has 2 rings (SSSR count). The standard InChI is InChI=1S/C14H21N3O2/c1-19-10-11-3-2-4-12(9-11)13(14(15)18)17-7-5-16-6-8-17/h2-4,9,13,16H,5-8,10H2,1H3,(H2,15,18). The van der Waals surface area contributed by atoms with Crippen molar-refractivity contribution in [3.8, 4) is 0 Å². The monoisotopic (exact) mass is 263 g/mol. The third-order valence-corrected chi connectivity index (χ3v) is 3.36. The molecule has 0 saturated carbocycles. The lowest BCUT2D eigenvalue weighted by atomic mass is 10.0. The molecule has 1 aromatic rings. The van der Waals surface area contributed by atoms with E-state index < -0.39 is 0 Å². The van der Waals surface area contributed by atoms with Crippen molar-refractivity contribution < 1.29 is 9.53 Å². The van der Waals surface area contributed by atoms with Crippen molar-refractivity contribution >= 4 is 5.91 Å². The molecule has 1 aliphatic heterocycles. The maximum Gasteiger partial charge on any atom is 0.239 e. The molecule has 0 bridgehead atoms. The molecule has 1 unspecified atom stereocenters. The minimum atomic E-state index is -0.348. The number of benzene rings is 1. The van der Waals surface area contributed by atoms with Crippen LogP contribution in [-0.4, -0.2) is 44.1 Å². The lowest BCUT2D eigenvalue weighted by molar-refractivity contribution is -0.123. The van der Waals surface area contributed by atoms with E-state index in [2.05, 4.69) is 10.2 Å². The summed E-state index contributed by atoms with van der Waals surface area (Å²) in [6.45, 7) is 3.99. The zero-order valence-electron chi connectivity index (χ0n) is 11.3. The van der Waals surface area contributed by atoms with Gasteiger partial charge in [-0.3, -0.25) is 9.69 Å². The van der Waals surface area contributed by atoms with E-state index in [0.717, 1.165) is 37.3 Å². The van der Waals surface area contributed by atoms with Crippen LogP contribution in [0.2, 0.25) is 0 Å². The van der Waals surface area contributed by atoms with E-state index in [4.69, 9.17) is 10.5 Å². The molecule has 0 spiro atoms. The molecule has 1 saturated heterocycles. The quantitative estimate of drug-likeness (QED) is 0.800. The number of methoxy groups -OCH3 is 1. The molecule has 1 aromatic carbocycles. The van der Waals surface area contributed by atoms with Gasteiger partial charge in [0.2, 0.25) is 5.91 Å². The van der Waals surface area contributed by atoms with Crippen LogP contribution in [0, 0.1) is 0 Å². The van der Waals surface area contributed by atoms with E-state index in [1.54, 1.807) is 7.11 Å². The third-order valence-electron chi connectivity index (χ3n) is 3.36. The molecular formula is C14H21N3O2. The molecule has 0 aliphatic carbocycles. The largest absolute Gasteiger partial charge is 0.380 e. The topological polar surface area (TPSA) is 67.6 Å². The van der Waals surface area contributed by atoms with Gasteiger partial charge in [-0.05, 0) is 11.1 Å². The summed E-state index contributed by atoms with van der Waals surface area (Å²) in [5.74, 6) is -0.295. The van der Waals surface area contributed by atoms with Gasteiger partial charge in [-0.1, -0.05) is 24.3 Å². The van der Waals surface area contributed by atoms with Crippen molar-refractivity contribution in [1.29, 1.82) is 0 Å². The number of nitrogens with two attached hydrogens (primary N) is 1. The molecule has 1 atom stereocenters. The Bertz CT molecular complexity index is 430. The number of ether oxygens (including phenoxy) is 1. The molecule has 1 amide bonds. The van der Waals surface area contributed by atoms with E-state index in [-0.39, 0.29) is 11.9 Å². The Morgan fingerprint density at radius 3 is 2.84 bits per heavy atom. The molecular weight excluding hydrogens is 242 g/mol. The van der Waals surface area contributed by atoms with Gasteiger partial charge in [0.05, 0.1) is 6.61 Å². The first-order valence-corrected chi connectivity index (χ1v) is 6.54. The highest BCUT2D eigenvalue weighted by atomic mass is 16.5. The summed E-state index contributed by atoms with van der Waals surface area (Å²) in [4.78, 5) is 13.9. The number of carbonyl (C=O) groups is 1. The SMILES string of the molecule is COCc1cccc(C(C(N)=O)N2CCNCC2)c1. The Morgan fingerprint density at radius 2 is 2.21 bits per heavy atom. The molecule has 0 aromatic heterocycles. The number of carbonyl (C=O) groups excluding carboxylic acids is 1. The van der Waals surface area contributed by atoms with Gasteiger partial charge in [0.25, 0.3) is 0 Å². The highest BCUT2D eigenvalue weighted by molar-refractivity contribution is 5.81. The number of hydrogen-bond donors (Lipinski definition) is 2. The van der Waals surface area contributed by atoms with E-state index in [1.807, 2.05) is 24.3 Å². The molecule has 0 radical (unpaired) electrons. The number of amides is 1. The minimum absolute atomic E-state index is 0.295. The maximum atomic E-state index is 11.8. The van der Waals surface area contributed by atoms with E-state index in [9.17, 15) is 4.79 Å². The van der Waals surface area contributed by atoms with Gasteiger partial charge in [-0.2, -0.15) is 0 Å². The van der Waals surface area contributed by atoms with Crippen LogP contribution in [-0.2, 0) is 16.1 Å². The summed E-state index contributed by atoms with van der Waals surface area (Å²) in [5.41, 5.74) is 7.60. The summed E-state index contributed by atoms with van der Waals surface area (Å²) in [6.07, 6.45) is 0. The number of rotatable bonds is 5. The first-order chi connectivity index (χ1) is 9.22. The average Bonchev–Trinajstić information content (AvgIpc) is 2.40. The fraction of sp³-hybridized carbons (Fsp3) is 0.500. The van der Waals surface area contributed by atoms with E-state index in [1.165, 1.54) is 0 Å². The highest BCUT2D eigenvalue weighted by Gasteiger charge is 2.26. The summed E-state index contributed by atoms with van der Waals surface area (Å²) in [6, 6.07) is 7.54. The molecule has 1 heterocycles. The molecule has 3 N–H and O–H groups in total. The van der Waals surface area contributed by atoms with Gasteiger partial charge in [0, 0.05) is 33.3 Å². The average molecular weight is 263 g/mol. The van der Waals surface area contributed by atoms with Crippen molar-refractivity contribution in [3.05, 3.63) is 35.4 Å². The van der Waals surface area contributed by atoms with Crippen LogP contribution in [0.5, 0.6) is 0 Å². The predicted molar refractivity (Wildman–Crippen MR) is 73.5 cm³/mol. The zero-order valence-corrected chi connectivity index (χ0v) is 11.3. The lowest BCUT2D eigenvalue weighted by Crippen LogP contribution is -2.48. The van der Waals surface area contributed by atoms with Gasteiger partial charge in [0.1, 0.15) is 6.04 Å². The van der Waals surface area contributed by atoms with Crippen molar-refractivity contribution in [2.75, 3.05) is 33.3 Å². The second kappa shape index (κ2) is 6.65. The normalized spacial score (nSPS) is 18.2. The Hall–Kier alpha value is -1.43.